The fraction of sp³-hybridized carbons (Fsp3) is 0.644. The molecule has 0 amide bonds. The van der Waals surface area contributed by atoms with Crippen LogP contribution >= 0.6 is 0 Å². The molecule has 0 spiro atoms. The van der Waals surface area contributed by atoms with Crippen molar-refractivity contribution in [3.05, 3.63) is 109 Å². The maximum Gasteiger partial charge on any atom is 0.306 e. The molecule has 6 heteroatoms. The Labute approximate surface area is 400 Å². The average Bonchev–Trinajstić information content (AvgIpc) is 3.30. The van der Waals surface area contributed by atoms with Crippen LogP contribution in [0.5, 0.6) is 0 Å². The predicted octanol–water partition coefficient (Wildman–Crippen LogP) is 17.5. The van der Waals surface area contributed by atoms with E-state index in [1.807, 2.05) is 36.5 Å². The summed E-state index contributed by atoms with van der Waals surface area (Å²) in [6.45, 7) is 6.38. The lowest BCUT2D eigenvalue weighted by Gasteiger charge is -2.18. The zero-order valence-electron chi connectivity index (χ0n) is 42.0. The van der Waals surface area contributed by atoms with Crippen LogP contribution in [0.3, 0.4) is 0 Å². The number of unbranched alkanes of at least 4 members (excludes halogenated alkanes) is 23. The summed E-state index contributed by atoms with van der Waals surface area (Å²) >= 11 is 0. The molecular formula is C59H96O6. The molecule has 6 nitrogen and oxygen atoms in total. The van der Waals surface area contributed by atoms with Crippen LogP contribution in [0.1, 0.15) is 226 Å². The average molecular weight is 901 g/mol. The summed E-state index contributed by atoms with van der Waals surface area (Å²) in [5, 5.41) is 0. The van der Waals surface area contributed by atoms with Crippen LogP contribution in [0.25, 0.3) is 0 Å². The van der Waals surface area contributed by atoms with Crippen molar-refractivity contribution in [3.8, 4) is 0 Å². The van der Waals surface area contributed by atoms with Gasteiger partial charge in [0.15, 0.2) is 6.10 Å². The molecule has 65 heavy (non-hydrogen) atoms. The number of ether oxygens (including phenoxy) is 3. The van der Waals surface area contributed by atoms with Crippen LogP contribution in [0, 0.1) is 0 Å². The van der Waals surface area contributed by atoms with Crippen LogP contribution in [0.15, 0.2) is 109 Å². The van der Waals surface area contributed by atoms with Crippen molar-refractivity contribution in [2.75, 3.05) is 13.2 Å². The predicted molar refractivity (Wildman–Crippen MR) is 279 cm³/mol. The Hall–Kier alpha value is -3.93. The Balaban J connectivity index is 4.51. The van der Waals surface area contributed by atoms with Crippen molar-refractivity contribution in [1.29, 1.82) is 0 Å². The summed E-state index contributed by atoms with van der Waals surface area (Å²) in [7, 11) is 0. The molecule has 0 aliphatic carbocycles. The largest absolute Gasteiger partial charge is 0.462 e. The number of allylic oxidation sites excluding steroid dienone is 18. The number of carbonyl (C=O) groups is 3. The van der Waals surface area contributed by atoms with Gasteiger partial charge in [0.25, 0.3) is 0 Å². The van der Waals surface area contributed by atoms with E-state index >= 15 is 0 Å². The number of hydrogen-bond acceptors (Lipinski definition) is 6. The van der Waals surface area contributed by atoms with E-state index in [1.165, 1.54) is 77.0 Å². The second-order valence-corrected chi connectivity index (χ2v) is 17.2. The Morgan fingerprint density at radius 2 is 0.615 bits per heavy atom. The van der Waals surface area contributed by atoms with E-state index in [0.29, 0.717) is 19.3 Å². The van der Waals surface area contributed by atoms with Gasteiger partial charge in [0.2, 0.25) is 0 Å². The minimum atomic E-state index is -0.810. The number of rotatable bonds is 46. The maximum atomic E-state index is 12.8. The zero-order chi connectivity index (χ0) is 47.2. The molecule has 0 aliphatic heterocycles. The minimum Gasteiger partial charge on any atom is -0.462 e. The Kier molecular flexibility index (Phi) is 49.5. The molecule has 0 heterocycles. The van der Waals surface area contributed by atoms with Gasteiger partial charge in [-0.05, 0) is 89.9 Å². The molecule has 0 N–H and O–H groups in total. The van der Waals surface area contributed by atoms with E-state index in [0.717, 1.165) is 109 Å². The number of esters is 3. The Morgan fingerprint density at radius 3 is 1.03 bits per heavy atom. The van der Waals surface area contributed by atoms with Crippen LogP contribution in [-0.4, -0.2) is 37.2 Å². The standard InChI is InChI=1S/C59H96O6/c1-4-7-10-13-16-19-22-25-27-29-30-32-34-37-40-43-46-49-52-58(61)64-55-56(54-63-57(60)51-48-45-42-39-36-33-24-21-18-15-12-9-6-3)65-59(62)53-50-47-44-41-38-35-31-28-26-23-20-17-14-11-8-5-2/h9,12,15-16,18-19,21-22,24-25,27-33,36,56H,4-8,10-11,13-14,17,20,23,26,34-35,37-55H2,1-3H3/b12-9+,18-15+,19-16+,24-21+,25-22+,29-27+,31-28+,32-30+,36-33+. The molecule has 0 aliphatic rings. The normalized spacial score (nSPS) is 13.0. The molecule has 0 aromatic heterocycles. The molecule has 1 atom stereocenters. The van der Waals surface area contributed by atoms with Gasteiger partial charge in [0.05, 0.1) is 0 Å². The SMILES string of the molecule is CC/C=C/C=C/C=C/C=C/CCCCCC(=O)OCC(COC(=O)CCCCCCC/C=C/C=C/C=C/C=C/CCCCC)OC(=O)CCCCCCC/C=C/CCCCCCCCC. The molecule has 0 radical (unpaired) electrons. The van der Waals surface area contributed by atoms with Gasteiger partial charge in [-0.3, -0.25) is 14.4 Å². The van der Waals surface area contributed by atoms with Crippen molar-refractivity contribution >= 4 is 17.9 Å². The Morgan fingerprint density at radius 1 is 0.323 bits per heavy atom. The van der Waals surface area contributed by atoms with Gasteiger partial charge in [-0.25, -0.2) is 0 Å². The smallest absolute Gasteiger partial charge is 0.306 e. The van der Waals surface area contributed by atoms with Gasteiger partial charge in [0, 0.05) is 19.3 Å². The molecule has 0 rings (SSSR count). The van der Waals surface area contributed by atoms with E-state index in [4.69, 9.17) is 14.2 Å². The van der Waals surface area contributed by atoms with Gasteiger partial charge in [-0.1, -0.05) is 226 Å². The third kappa shape index (κ3) is 50.9. The van der Waals surface area contributed by atoms with Crippen LogP contribution < -0.4 is 0 Å². The monoisotopic (exact) mass is 901 g/mol. The van der Waals surface area contributed by atoms with Gasteiger partial charge in [-0.2, -0.15) is 0 Å². The first-order valence-corrected chi connectivity index (χ1v) is 26.5. The molecule has 0 saturated heterocycles. The lowest BCUT2D eigenvalue weighted by molar-refractivity contribution is -0.167. The van der Waals surface area contributed by atoms with E-state index < -0.39 is 6.10 Å². The summed E-state index contributed by atoms with van der Waals surface area (Å²) in [6.07, 6.45) is 70.7. The first-order valence-electron chi connectivity index (χ1n) is 26.5. The molecule has 368 valence electrons. The second-order valence-electron chi connectivity index (χ2n) is 17.2. The summed E-state index contributed by atoms with van der Waals surface area (Å²) in [6, 6.07) is 0. The first-order chi connectivity index (χ1) is 32.0. The molecule has 0 aromatic carbocycles. The van der Waals surface area contributed by atoms with Crippen molar-refractivity contribution in [2.24, 2.45) is 0 Å². The highest BCUT2D eigenvalue weighted by Gasteiger charge is 2.19. The number of carbonyl (C=O) groups excluding carboxylic acids is 3. The van der Waals surface area contributed by atoms with Gasteiger partial charge in [0.1, 0.15) is 13.2 Å². The highest BCUT2D eigenvalue weighted by molar-refractivity contribution is 5.71. The number of hydrogen-bond donors (Lipinski definition) is 0. The van der Waals surface area contributed by atoms with Gasteiger partial charge >= 0.3 is 17.9 Å². The maximum absolute atomic E-state index is 12.8. The minimum absolute atomic E-state index is 0.108. The third-order valence-electron chi connectivity index (χ3n) is 10.9. The molecule has 1 unspecified atom stereocenters. The van der Waals surface area contributed by atoms with Crippen LogP contribution in [0.2, 0.25) is 0 Å². The lowest BCUT2D eigenvalue weighted by atomic mass is 10.1. The van der Waals surface area contributed by atoms with Gasteiger partial charge < -0.3 is 14.2 Å². The highest BCUT2D eigenvalue weighted by atomic mass is 16.6. The van der Waals surface area contributed by atoms with Crippen molar-refractivity contribution in [2.45, 2.75) is 232 Å². The van der Waals surface area contributed by atoms with E-state index in [-0.39, 0.29) is 31.1 Å². The van der Waals surface area contributed by atoms with Crippen LogP contribution in [-0.2, 0) is 28.6 Å². The topological polar surface area (TPSA) is 78.9 Å². The van der Waals surface area contributed by atoms with Crippen molar-refractivity contribution in [1.82, 2.24) is 0 Å². The van der Waals surface area contributed by atoms with E-state index in [9.17, 15) is 14.4 Å². The zero-order valence-corrected chi connectivity index (χ0v) is 42.0. The molecule has 0 saturated carbocycles. The van der Waals surface area contributed by atoms with Crippen molar-refractivity contribution in [3.63, 3.8) is 0 Å². The Bertz CT molecular complexity index is 1360. The highest BCUT2D eigenvalue weighted by Crippen LogP contribution is 2.13. The van der Waals surface area contributed by atoms with E-state index in [2.05, 4.69) is 93.7 Å². The fourth-order valence-corrected chi connectivity index (χ4v) is 6.93. The fourth-order valence-electron chi connectivity index (χ4n) is 6.93. The van der Waals surface area contributed by atoms with Crippen molar-refractivity contribution < 1.29 is 28.6 Å². The first kappa shape index (κ1) is 61.1. The van der Waals surface area contributed by atoms with Crippen LogP contribution in [0.4, 0.5) is 0 Å². The molecule has 0 bridgehead atoms. The molecule has 0 fully saturated rings. The molecular weight excluding hydrogens is 805 g/mol. The summed E-state index contributed by atoms with van der Waals surface area (Å²) in [5.41, 5.74) is 0. The second kappa shape index (κ2) is 52.7. The lowest BCUT2D eigenvalue weighted by Crippen LogP contribution is -2.30. The quantitative estimate of drug-likeness (QED) is 0.0199. The summed E-state index contributed by atoms with van der Waals surface area (Å²) in [5.74, 6) is -0.981. The van der Waals surface area contributed by atoms with E-state index in [1.54, 1.807) is 0 Å². The summed E-state index contributed by atoms with van der Waals surface area (Å²) in [4.78, 5) is 38.0. The summed E-state index contributed by atoms with van der Waals surface area (Å²) < 4.78 is 16.8. The molecule has 0 aromatic rings. The van der Waals surface area contributed by atoms with Gasteiger partial charge in [-0.15, -0.1) is 0 Å². The third-order valence-corrected chi connectivity index (χ3v) is 10.9.